The Morgan fingerprint density at radius 1 is 1.37 bits per heavy atom. The van der Waals surface area contributed by atoms with E-state index in [1.807, 2.05) is 18.7 Å². The fourth-order valence-electron chi connectivity index (χ4n) is 2.44. The molecular formula is C14H27N3O2. The Labute approximate surface area is 116 Å². The lowest BCUT2D eigenvalue weighted by Gasteiger charge is -2.27. The van der Waals surface area contributed by atoms with Crippen LogP contribution < -0.4 is 10.1 Å². The molecule has 0 aliphatic heterocycles. The van der Waals surface area contributed by atoms with Crippen LogP contribution in [-0.2, 0) is 11.3 Å². The Bertz CT molecular complexity index is 338. The lowest BCUT2D eigenvalue weighted by atomic mass is 10.0. The second-order valence-corrected chi connectivity index (χ2v) is 4.46. The van der Waals surface area contributed by atoms with Crippen molar-refractivity contribution in [2.75, 3.05) is 20.8 Å². The van der Waals surface area contributed by atoms with Crippen molar-refractivity contribution in [2.45, 2.75) is 52.3 Å². The summed E-state index contributed by atoms with van der Waals surface area (Å²) in [6.07, 6.45) is 4.01. The second kappa shape index (κ2) is 8.17. The summed E-state index contributed by atoms with van der Waals surface area (Å²) in [5.74, 6) is 0.821. The van der Waals surface area contributed by atoms with E-state index < -0.39 is 0 Å². The van der Waals surface area contributed by atoms with E-state index in [1.165, 1.54) is 0 Å². The second-order valence-electron chi connectivity index (χ2n) is 4.46. The van der Waals surface area contributed by atoms with E-state index in [-0.39, 0.29) is 12.1 Å². The van der Waals surface area contributed by atoms with Crippen LogP contribution in [0.5, 0.6) is 5.75 Å². The predicted molar refractivity (Wildman–Crippen MR) is 76.6 cm³/mol. The number of ether oxygens (including phenoxy) is 2. The third-order valence-electron chi connectivity index (χ3n) is 3.30. The first-order valence-electron chi connectivity index (χ1n) is 7.11. The summed E-state index contributed by atoms with van der Waals surface area (Å²) < 4.78 is 13.3. The Morgan fingerprint density at radius 3 is 2.58 bits per heavy atom. The van der Waals surface area contributed by atoms with Crippen molar-refractivity contribution in [2.24, 2.45) is 0 Å². The first kappa shape index (κ1) is 16.0. The lowest BCUT2D eigenvalue weighted by molar-refractivity contribution is 0.0267. The fourth-order valence-corrected chi connectivity index (χ4v) is 2.44. The maximum atomic E-state index is 5.90. The molecule has 0 aliphatic rings. The van der Waals surface area contributed by atoms with E-state index in [0.29, 0.717) is 6.61 Å². The van der Waals surface area contributed by atoms with Crippen LogP contribution in [0.3, 0.4) is 0 Å². The van der Waals surface area contributed by atoms with Crippen molar-refractivity contribution in [1.82, 2.24) is 15.1 Å². The minimum atomic E-state index is 0.0947. The highest BCUT2D eigenvalue weighted by Crippen LogP contribution is 2.30. The Morgan fingerprint density at radius 2 is 2.11 bits per heavy atom. The SMILES string of the molecule is CCCC(OCC)C(NC)c1c(OC)cnn1CC. The molecule has 0 aliphatic carbocycles. The van der Waals surface area contributed by atoms with Crippen LogP contribution in [0.25, 0.3) is 0 Å². The molecule has 5 heteroatoms. The number of methoxy groups -OCH3 is 1. The van der Waals surface area contributed by atoms with E-state index in [2.05, 4.69) is 24.3 Å². The summed E-state index contributed by atoms with van der Waals surface area (Å²) >= 11 is 0. The number of likely N-dealkylation sites (N-methyl/N-ethyl adjacent to an activating group) is 1. The Kier molecular flexibility index (Phi) is 6.87. The molecule has 0 radical (unpaired) electrons. The lowest BCUT2D eigenvalue weighted by Crippen LogP contribution is -2.34. The van der Waals surface area contributed by atoms with Crippen LogP contribution >= 0.6 is 0 Å². The van der Waals surface area contributed by atoms with Gasteiger partial charge >= 0.3 is 0 Å². The highest BCUT2D eigenvalue weighted by atomic mass is 16.5. The molecule has 0 aromatic carbocycles. The van der Waals surface area contributed by atoms with Gasteiger partial charge in [0.1, 0.15) is 0 Å². The number of aryl methyl sites for hydroxylation is 1. The zero-order chi connectivity index (χ0) is 14.3. The summed E-state index contributed by atoms with van der Waals surface area (Å²) in [4.78, 5) is 0. The number of nitrogens with one attached hydrogen (secondary N) is 1. The number of hydrogen-bond acceptors (Lipinski definition) is 4. The summed E-state index contributed by atoms with van der Waals surface area (Å²) in [6, 6.07) is 0.0947. The standard InChI is InChI=1S/C14H27N3O2/c1-6-9-11(19-8-3)13(15-4)14-12(18-5)10-16-17(14)7-2/h10-11,13,15H,6-9H2,1-5H3. The van der Waals surface area contributed by atoms with E-state index in [0.717, 1.165) is 30.8 Å². The molecule has 1 heterocycles. The van der Waals surface area contributed by atoms with Crippen LogP contribution in [0.4, 0.5) is 0 Å². The summed E-state index contributed by atoms with van der Waals surface area (Å²) in [6.45, 7) is 7.82. The van der Waals surface area contributed by atoms with Crippen molar-refractivity contribution in [3.8, 4) is 5.75 Å². The van der Waals surface area contributed by atoms with Gasteiger partial charge in [0.25, 0.3) is 0 Å². The molecule has 0 bridgehead atoms. The normalized spacial score (nSPS) is 14.4. The zero-order valence-electron chi connectivity index (χ0n) is 12.8. The molecule has 0 saturated heterocycles. The highest BCUT2D eigenvalue weighted by molar-refractivity contribution is 5.29. The van der Waals surface area contributed by atoms with Crippen LogP contribution in [0, 0.1) is 0 Å². The number of nitrogens with zero attached hydrogens (tertiary/aromatic N) is 2. The van der Waals surface area contributed by atoms with Crippen LogP contribution in [0.2, 0.25) is 0 Å². The van der Waals surface area contributed by atoms with E-state index in [4.69, 9.17) is 9.47 Å². The van der Waals surface area contributed by atoms with Gasteiger partial charge < -0.3 is 14.8 Å². The monoisotopic (exact) mass is 269 g/mol. The average molecular weight is 269 g/mol. The molecule has 19 heavy (non-hydrogen) atoms. The molecule has 0 amide bonds. The van der Waals surface area contributed by atoms with E-state index in [1.54, 1.807) is 13.3 Å². The minimum absolute atomic E-state index is 0.0947. The zero-order valence-corrected chi connectivity index (χ0v) is 12.8. The molecule has 0 fully saturated rings. The number of hydrogen-bond donors (Lipinski definition) is 1. The number of aromatic nitrogens is 2. The van der Waals surface area contributed by atoms with Crippen molar-refractivity contribution < 1.29 is 9.47 Å². The molecule has 2 unspecified atom stereocenters. The van der Waals surface area contributed by atoms with Crippen molar-refractivity contribution >= 4 is 0 Å². The summed E-state index contributed by atoms with van der Waals surface area (Å²) in [5.41, 5.74) is 1.07. The molecule has 5 nitrogen and oxygen atoms in total. The van der Waals surface area contributed by atoms with Crippen LogP contribution in [0.15, 0.2) is 6.20 Å². The van der Waals surface area contributed by atoms with Gasteiger partial charge in [-0.15, -0.1) is 0 Å². The molecular weight excluding hydrogens is 242 g/mol. The van der Waals surface area contributed by atoms with Gasteiger partial charge in [-0.25, -0.2) is 0 Å². The fraction of sp³-hybridized carbons (Fsp3) is 0.786. The van der Waals surface area contributed by atoms with E-state index in [9.17, 15) is 0 Å². The first-order valence-corrected chi connectivity index (χ1v) is 7.11. The van der Waals surface area contributed by atoms with Gasteiger partial charge in [-0.1, -0.05) is 13.3 Å². The molecule has 0 spiro atoms. The highest BCUT2D eigenvalue weighted by Gasteiger charge is 2.28. The largest absolute Gasteiger partial charge is 0.493 e. The third kappa shape index (κ3) is 3.70. The van der Waals surface area contributed by atoms with Gasteiger partial charge in [-0.2, -0.15) is 5.10 Å². The quantitative estimate of drug-likeness (QED) is 0.747. The maximum Gasteiger partial charge on any atom is 0.161 e. The van der Waals surface area contributed by atoms with Gasteiger partial charge in [0, 0.05) is 13.2 Å². The predicted octanol–water partition coefficient (Wildman–Crippen LogP) is 2.38. The van der Waals surface area contributed by atoms with Gasteiger partial charge in [-0.3, -0.25) is 4.68 Å². The van der Waals surface area contributed by atoms with Crippen molar-refractivity contribution in [3.05, 3.63) is 11.9 Å². The minimum Gasteiger partial charge on any atom is -0.493 e. The Hall–Kier alpha value is -1.07. The third-order valence-corrected chi connectivity index (χ3v) is 3.30. The van der Waals surface area contributed by atoms with Gasteiger partial charge in [0.15, 0.2) is 5.75 Å². The molecule has 110 valence electrons. The van der Waals surface area contributed by atoms with Crippen molar-refractivity contribution in [1.29, 1.82) is 0 Å². The van der Waals surface area contributed by atoms with Crippen LogP contribution in [-0.4, -0.2) is 36.6 Å². The Balaban J connectivity index is 3.08. The smallest absolute Gasteiger partial charge is 0.161 e. The van der Waals surface area contributed by atoms with Crippen molar-refractivity contribution in [3.63, 3.8) is 0 Å². The first-order chi connectivity index (χ1) is 9.23. The molecule has 1 rings (SSSR count). The molecule has 0 saturated carbocycles. The average Bonchev–Trinajstić information content (AvgIpc) is 2.83. The molecule has 1 aromatic heterocycles. The van der Waals surface area contributed by atoms with Gasteiger partial charge in [-0.05, 0) is 27.3 Å². The molecule has 2 atom stereocenters. The molecule has 1 N–H and O–H groups in total. The van der Waals surface area contributed by atoms with Crippen LogP contribution in [0.1, 0.15) is 45.3 Å². The summed E-state index contributed by atoms with van der Waals surface area (Å²) in [7, 11) is 3.64. The van der Waals surface area contributed by atoms with Gasteiger partial charge in [0.2, 0.25) is 0 Å². The van der Waals surface area contributed by atoms with Gasteiger partial charge in [0.05, 0.1) is 31.1 Å². The topological polar surface area (TPSA) is 48.3 Å². The van der Waals surface area contributed by atoms with E-state index >= 15 is 0 Å². The molecule has 1 aromatic rings. The number of rotatable bonds is 9. The summed E-state index contributed by atoms with van der Waals surface area (Å²) in [5, 5.41) is 7.73. The maximum absolute atomic E-state index is 5.90.